The maximum Gasteiger partial charge on any atom is 0.240 e. The van der Waals surface area contributed by atoms with Gasteiger partial charge in [-0.05, 0) is 44.2 Å². The van der Waals surface area contributed by atoms with Gasteiger partial charge in [0.25, 0.3) is 0 Å². The van der Waals surface area contributed by atoms with Crippen LogP contribution in [0.1, 0.15) is 32.3 Å². The highest BCUT2D eigenvalue weighted by molar-refractivity contribution is 6.33. The Labute approximate surface area is 173 Å². The van der Waals surface area contributed by atoms with Gasteiger partial charge in [-0.2, -0.15) is 5.10 Å². The molecule has 0 spiro atoms. The number of amides is 2. The van der Waals surface area contributed by atoms with Crippen LogP contribution in [0.25, 0.3) is 0 Å². The topological polar surface area (TPSA) is 79.8 Å². The second-order valence-corrected chi connectivity index (χ2v) is 7.01. The van der Waals surface area contributed by atoms with E-state index in [2.05, 4.69) is 15.8 Å². The molecule has 0 atom stereocenters. The molecule has 0 heterocycles. The number of halogens is 2. The van der Waals surface area contributed by atoms with Gasteiger partial charge in [0.2, 0.25) is 11.8 Å². The molecule has 2 aromatic carbocycles. The molecule has 148 valence electrons. The minimum atomic E-state index is -0.390. The van der Waals surface area contributed by atoms with Crippen molar-refractivity contribution in [1.82, 2.24) is 5.43 Å². The van der Waals surface area contributed by atoms with Gasteiger partial charge < -0.3 is 10.1 Å². The number of rotatable bonds is 8. The lowest BCUT2D eigenvalue weighted by Crippen LogP contribution is -2.20. The number of carbonyl (C=O) groups excluding carboxylic acids is 2. The zero-order valence-corrected chi connectivity index (χ0v) is 17.1. The Morgan fingerprint density at radius 1 is 1.11 bits per heavy atom. The zero-order valence-electron chi connectivity index (χ0n) is 15.5. The zero-order chi connectivity index (χ0) is 20.5. The third-order valence-electron chi connectivity index (χ3n) is 3.45. The van der Waals surface area contributed by atoms with E-state index in [1.165, 1.54) is 6.21 Å². The van der Waals surface area contributed by atoms with Crippen LogP contribution in [-0.4, -0.2) is 24.1 Å². The van der Waals surface area contributed by atoms with Crippen LogP contribution in [0.15, 0.2) is 47.6 Å². The minimum Gasteiger partial charge on any atom is -0.490 e. The summed E-state index contributed by atoms with van der Waals surface area (Å²) in [6, 6.07) is 12.0. The highest BCUT2D eigenvalue weighted by atomic mass is 35.5. The van der Waals surface area contributed by atoms with E-state index < -0.39 is 0 Å². The summed E-state index contributed by atoms with van der Waals surface area (Å²) in [4.78, 5) is 23.8. The molecule has 2 N–H and O–H groups in total. The quantitative estimate of drug-likeness (QED) is 0.480. The lowest BCUT2D eigenvalue weighted by atomic mass is 10.2. The molecule has 2 aromatic rings. The number of para-hydroxylation sites is 1. The molecular formula is C20H21Cl2N3O3. The van der Waals surface area contributed by atoms with Crippen LogP contribution < -0.4 is 15.5 Å². The third kappa shape index (κ3) is 7.21. The number of nitrogens with one attached hydrogen (secondary N) is 2. The monoisotopic (exact) mass is 421 g/mol. The van der Waals surface area contributed by atoms with Crippen LogP contribution in [-0.2, 0) is 9.59 Å². The fraction of sp³-hybridized carbons (Fsp3) is 0.250. The lowest BCUT2D eigenvalue weighted by molar-refractivity contribution is -0.124. The first-order chi connectivity index (χ1) is 13.3. The van der Waals surface area contributed by atoms with Crippen LogP contribution in [0.2, 0.25) is 10.0 Å². The molecule has 0 bridgehead atoms. The summed E-state index contributed by atoms with van der Waals surface area (Å²) in [5.41, 5.74) is 3.53. The number of hydrazone groups is 1. The van der Waals surface area contributed by atoms with E-state index in [4.69, 9.17) is 27.9 Å². The highest BCUT2D eigenvalue weighted by Gasteiger charge is 2.09. The molecule has 0 fully saturated rings. The molecule has 8 heteroatoms. The van der Waals surface area contributed by atoms with Crippen molar-refractivity contribution >= 4 is 46.9 Å². The Morgan fingerprint density at radius 2 is 1.82 bits per heavy atom. The van der Waals surface area contributed by atoms with E-state index in [0.717, 1.165) is 0 Å². The molecule has 2 amide bonds. The number of anilines is 1. The molecule has 0 aromatic heterocycles. The number of hydrogen-bond donors (Lipinski definition) is 2. The second kappa shape index (κ2) is 10.7. The summed E-state index contributed by atoms with van der Waals surface area (Å²) >= 11 is 12.0. The fourth-order valence-electron chi connectivity index (χ4n) is 2.21. The molecule has 6 nitrogen and oxygen atoms in total. The van der Waals surface area contributed by atoms with Crippen LogP contribution in [0.5, 0.6) is 5.75 Å². The van der Waals surface area contributed by atoms with Crippen molar-refractivity contribution in [2.45, 2.75) is 32.8 Å². The molecule has 28 heavy (non-hydrogen) atoms. The number of carbonyl (C=O) groups is 2. The van der Waals surface area contributed by atoms with Crippen molar-refractivity contribution in [3.05, 3.63) is 58.1 Å². The summed E-state index contributed by atoms with van der Waals surface area (Å²) in [7, 11) is 0. The first-order valence-corrected chi connectivity index (χ1v) is 9.43. The summed E-state index contributed by atoms with van der Waals surface area (Å²) < 4.78 is 5.68. The minimum absolute atomic E-state index is 0.00541. The predicted octanol–water partition coefficient (Wildman–Crippen LogP) is 4.65. The van der Waals surface area contributed by atoms with E-state index in [0.29, 0.717) is 27.0 Å². The van der Waals surface area contributed by atoms with Crippen molar-refractivity contribution in [1.29, 1.82) is 0 Å². The van der Waals surface area contributed by atoms with Crippen molar-refractivity contribution in [2.75, 3.05) is 5.32 Å². The van der Waals surface area contributed by atoms with Gasteiger partial charge in [-0.1, -0.05) is 35.3 Å². The number of ether oxygens (including phenoxy) is 1. The molecule has 2 rings (SSSR count). The molecular weight excluding hydrogens is 401 g/mol. The van der Waals surface area contributed by atoms with Crippen LogP contribution >= 0.6 is 23.2 Å². The molecule has 0 unspecified atom stereocenters. The number of hydrogen-bond acceptors (Lipinski definition) is 4. The molecule has 0 aliphatic heterocycles. The fourth-order valence-corrected chi connectivity index (χ4v) is 2.58. The Balaban J connectivity index is 1.84. The summed E-state index contributed by atoms with van der Waals surface area (Å²) in [6.45, 7) is 3.82. The van der Waals surface area contributed by atoms with Gasteiger partial charge in [0.15, 0.2) is 0 Å². The lowest BCUT2D eigenvalue weighted by Gasteiger charge is -2.12. The average molecular weight is 422 g/mol. The van der Waals surface area contributed by atoms with Gasteiger partial charge in [-0.3, -0.25) is 9.59 Å². The highest BCUT2D eigenvalue weighted by Crippen LogP contribution is 2.22. The Bertz CT molecular complexity index is 870. The maximum absolute atomic E-state index is 11.9. The summed E-state index contributed by atoms with van der Waals surface area (Å²) in [5, 5.41) is 7.53. The standard InChI is InChI=1S/C20H21Cl2N3O3/c1-13(2)28-18-8-7-15(21)11-14(18)12-23-25-20(27)10-9-19(26)24-17-6-4-3-5-16(17)22/h3-8,11-13H,9-10H2,1-2H3,(H,24,26)(H,25,27). The summed E-state index contributed by atoms with van der Waals surface area (Å²) in [6.07, 6.45) is 1.43. The molecule has 0 saturated heterocycles. The van der Waals surface area contributed by atoms with Crippen molar-refractivity contribution in [2.24, 2.45) is 5.10 Å². The largest absolute Gasteiger partial charge is 0.490 e. The maximum atomic E-state index is 11.9. The van der Waals surface area contributed by atoms with Crippen molar-refractivity contribution in [3.8, 4) is 5.75 Å². The van der Waals surface area contributed by atoms with Crippen molar-refractivity contribution < 1.29 is 14.3 Å². The third-order valence-corrected chi connectivity index (χ3v) is 4.02. The average Bonchev–Trinajstić information content (AvgIpc) is 2.64. The van der Waals surface area contributed by atoms with Crippen LogP contribution in [0, 0.1) is 0 Å². The first-order valence-electron chi connectivity index (χ1n) is 8.67. The Kier molecular flexibility index (Phi) is 8.29. The van der Waals surface area contributed by atoms with Crippen molar-refractivity contribution in [3.63, 3.8) is 0 Å². The van der Waals surface area contributed by atoms with Crippen LogP contribution in [0.4, 0.5) is 5.69 Å². The van der Waals surface area contributed by atoms with E-state index in [-0.39, 0.29) is 30.8 Å². The predicted molar refractivity (Wildman–Crippen MR) is 112 cm³/mol. The van der Waals surface area contributed by atoms with Crippen LogP contribution in [0.3, 0.4) is 0 Å². The van der Waals surface area contributed by atoms with E-state index >= 15 is 0 Å². The van der Waals surface area contributed by atoms with Gasteiger partial charge in [-0.25, -0.2) is 5.43 Å². The normalized spacial score (nSPS) is 10.9. The smallest absolute Gasteiger partial charge is 0.240 e. The van der Waals surface area contributed by atoms with E-state index in [1.54, 1.807) is 42.5 Å². The molecule has 0 aliphatic carbocycles. The Morgan fingerprint density at radius 3 is 2.54 bits per heavy atom. The van der Waals surface area contributed by atoms with E-state index in [1.807, 2.05) is 13.8 Å². The first kappa shape index (κ1) is 21.7. The van der Waals surface area contributed by atoms with Gasteiger partial charge in [0.05, 0.1) is 23.0 Å². The number of benzene rings is 2. The van der Waals surface area contributed by atoms with Gasteiger partial charge >= 0.3 is 0 Å². The van der Waals surface area contributed by atoms with Gasteiger partial charge in [0, 0.05) is 23.4 Å². The van der Waals surface area contributed by atoms with Gasteiger partial charge in [-0.15, -0.1) is 0 Å². The Hall–Kier alpha value is -2.57. The molecule has 0 saturated carbocycles. The summed E-state index contributed by atoms with van der Waals surface area (Å²) in [5.74, 6) is -0.0925. The number of nitrogens with zero attached hydrogens (tertiary/aromatic N) is 1. The van der Waals surface area contributed by atoms with Gasteiger partial charge in [0.1, 0.15) is 5.75 Å². The second-order valence-electron chi connectivity index (χ2n) is 6.17. The molecule has 0 aliphatic rings. The molecule has 0 radical (unpaired) electrons. The van der Waals surface area contributed by atoms with E-state index in [9.17, 15) is 9.59 Å². The SMILES string of the molecule is CC(C)Oc1ccc(Cl)cc1C=NNC(=O)CCC(=O)Nc1ccccc1Cl.